The molecule has 2 aromatic rings. The number of nitrogens with zero attached hydrogens (tertiary/aromatic N) is 2. The van der Waals surface area contributed by atoms with E-state index < -0.39 is 6.04 Å². The second-order valence-corrected chi connectivity index (χ2v) is 6.47. The summed E-state index contributed by atoms with van der Waals surface area (Å²) in [5, 5.41) is 10.3. The van der Waals surface area contributed by atoms with Gasteiger partial charge in [-0.1, -0.05) is 15.9 Å². The van der Waals surface area contributed by atoms with E-state index in [0.29, 0.717) is 6.61 Å². The third-order valence-corrected chi connectivity index (χ3v) is 4.43. The molecule has 0 spiro atoms. The van der Waals surface area contributed by atoms with Crippen molar-refractivity contribution in [3.8, 4) is 5.75 Å². The highest BCUT2D eigenvalue weighted by Gasteiger charge is 2.27. The summed E-state index contributed by atoms with van der Waals surface area (Å²) in [4.78, 5) is 12.7. The predicted molar refractivity (Wildman–Crippen MR) is 90.1 cm³/mol. The number of fused-ring (bicyclic) bond motifs is 1. The zero-order valence-corrected chi connectivity index (χ0v) is 14.6. The smallest absolute Gasteiger partial charge is 0.242 e. The maximum atomic E-state index is 12.7. The highest BCUT2D eigenvalue weighted by Crippen LogP contribution is 2.34. The van der Waals surface area contributed by atoms with Gasteiger partial charge in [0.1, 0.15) is 11.8 Å². The minimum atomic E-state index is -0.429. The monoisotopic (exact) mass is 378 g/mol. The zero-order valence-electron chi connectivity index (χ0n) is 13.0. The fourth-order valence-electron chi connectivity index (χ4n) is 2.81. The molecule has 1 aliphatic heterocycles. The third kappa shape index (κ3) is 3.40. The lowest BCUT2D eigenvalue weighted by Gasteiger charge is -2.28. The van der Waals surface area contributed by atoms with Crippen LogP contribution in [0, 0.1) is 0 Å². The first-order valence-corrected chi connectivity index (χ1v) is 8.26. The Morgan fingerprint density at radius 3 is 3.04 bits per heavy atom. The van der Waals surface area contributed by atoms with Crippen molar-refractivity contribution in [3.63, 3.8) is 0 Å². The summed E-state index contributed by atoms with van der Waals surface area (Å²) in [6.45, 7) is 0.594. The van der Waals surface area contributed by atoms with Crippen molar-refractivity contribution >= 4 is 21.8 Å². The van der Waals surface area contributed by atoms with Crippen LogP contribution in [-0.4, -0.2) is 29.3 Å². The molecule has 2 unspecified atom stereocenters. The van der Waals surface area contributed by atoms with Crippen LogP contribution in [0.5, 0.6) is 5.75 Å². The van der Waals surface area contributed by atoms with Gasteiger partial charge in [-0.25, -0.2) is 0 Å². The summed E-state index contributed by atoms with van der Waals surface area (Å²) in [7, 11) is 3.60. The van der Waals surface area contributed by atoms with Crippen LogP contribution in [0.15, 0.2) is 35.1 Å². The van der Waals surface area contributed by atoms with Gasteiger partial charge in [-0.05, 0) is 25.2 Å². The zero-order chi connectivity index (χ0) is 16.4. The fourth-order valence-corrected chi connectivity index (χ4v) is 3.19. The Labute approximate surface area is 143 Å². The van der Waals surface area contributed by atoms with E-state index >= 15 is 0 Å². The Balaban J connectivity index is 1.79. The molecule has 2 heterocycles. The normalized spacial score (nSPS) is 18.0. The summed E-state index contributed by atoms with van der Waals surface area (Å²) < 4.78 is 8.32. The predicted octanol–water partition coefficient (Wildman–Crippen LogP) is 2.08. The summed E-state index contributed by atoms with van der Waals surface area (Å²) >= 11 is 3.47. The van der Waals surface area contributed by atoms with Crippen LogP contribution in [0.3, 0.4) is 0 Å². The first-order valence-electron chi connectivity index (χ1n) is 7.47. The second kappa shape index (κ2) is 6.72. The number of aromatic nitrogens is 2. The first kappa shape index (κ1) is 16.0. The van der Waals surface area contributed by atoms with Crippen molar-refractivity contribution in [1.82, 2.24) is 20.4 Å². The van der Waals surface area contributed by atoms with Gasteiger partial charge in [0.25, 0.3) is 0 Å². The van der Waals surface area contributed by atoms with Crippen molar-refractivity contribution in [2.45, 2.75) is 18.5 Å². The van der Waals surface area contributed by atoms with Gasteiger partial charge in [0, 0.05) is 35.3 Å². The summed E-state index contributed by atoms with van der Waals surface area (Å²) in [6.07, 6.45) is 4.29. The van der Waals surface area contributed by atoms with Crippen LogP contribution < -0.4 is 15.4 Å². The van der Waals surface area contributed by atoms with Crippen molar-refractivity contribution < 1.29 is 9.53 Å². The molecule has 0 saturated heterocycles. The SMILES string of the molecule is CNC(C(=O)NC1CCOc2ccc(Br)cc21)c1cnn(C)c1. The number of rotatable bonds is 4. The van der Waals surface area contributed by atoms with Crippen molar-refractivity contribution in [2.24, 2.45) is 7.05 Å². The minimum Gasteiger partial charge on any atom is -0.493 e. The van der Waals surface area contributed by atoms with Crippen LogP contribution in [0.25, 0.3) is 0 Å². The number of hydrogen-bond donors (Lipinski definition) is 2. The number of nitrogens with one attached hydrogen (secondary N) is 2. The average Bonchev–Trinajstić information content (AvgIpc) is 2.95. The van der Waals surface area contributed by atoms with E-state index in [0.717, 1.165) is 27.8 Å². The van der Waals surface area contributed by atoms with Crippen LogP contribution in [-0.2, 0) is 11.8 Å². The van der Waals surface area contributed by atoms with Gasteiger partial charge in [0.15, 0.2) is 0 Å². The Morgan fingerprint density at radius 1 is 1.52 bits per heavy atom. The average molecular weight is 379 g/mol. The molecule has 3 rings (SSSR count). The molecule has 1 aromatic carbocycles. The standard InChI is InChI=1S/C16H19BrN4O2/c1-18-15(10-8-19-21(2)9-10)16(22)20-13-5-6-23-14-4-3-11(17)7-12(13)14/h3-4,7-9,13,15,18H,5-6H2,1-2H3,(H,20,22). The molecule has 7 heteroatoms. The number of carbonyl (C=O) groups excluding carboxylic acids is 1. The van der Waals surface area contributed by atoms with Crippen LogP contribution in [0.1, 0.15) is 29.6 Å². The Hall–Kier alpha value is -1.86. The van der Waals surface area contributed by atoms with E-state index in [9.17, 15) is 4.79 Å². The third-order valence-electron chi connectivity index (χ3n) is 3.94. The lowest BCUT2D eigenvalue weighted by atomic mass is 9.99. The van der Waals surface area contributed by atoms with Crippen LogP contribution in [0.2, 0.25) is 0 Å². The van der Waals surface area contributed by atoms with E-state index in [4.69, 9.17) is 4.74 Å². The Kier molecular flexibility index (Phi) is 4.68. The molecule has 23 heavy (non-hydrogen) atoms. The second-order valence-electron chi connectivity index (χ2n) is 5.55. The van der Waals surface area contributed by atoms with E-state index in [1.54, 1.807) is 17.9 Å². The summed E-state index contributed by atoms with van der Waals surface area (Å²) in [5.41, 5.74) is 1.84. The van der Waals surface area contributed by atoms with Gasteiger partial charge in [0.05, 0.1) is 18.8 Å². The molecular formula is C16H19BrN4O2. The molecule has 1 aliphatic rings. The highest BCUT2D eigenvalue weighted by atomic mass is 79.9. The fraction of sp³-hybridized carbons (Fsp3) is 0.375. The van der Waals surface area contributed by atoms with E-state index in [-0.39, 0.29) is 11.9 Å². The molecule has 0 aliphatic carbocycles. The molecule has 0 bridgehead atoms. The van der Waals surface area contributed by atoms with Crippen LogP contribution in [0.4, 0.5) is 0 Å². The molecule has 0 radical (unpaired) electrons. The molecule has 2 atom stereocenters. The van der Waals surface area contributed by atoms with E-state index in [2.05, 4.69) is 31.7 Å². The number of benzene rings is 1. The summed E-state index contributed by atoms with van der Waals surface area (Å²) in [5.74, 6) is 0.755. The first-order chi connectivity index (χ1) is 11.1. The number of likely N-dealkylation sites (N-methyl/N-ethyl adjacent to an activating group) is 1. The Bertz CT molecular complexity index is 716. The van der Waals surface area contributed by atoms with Crippen molar-refractivity contribution in [3.05, 3.63) is 46.2 Å². The molecule has 122 valence electrons. The van der Waals surface area contributed by atoms with Crippen LogP contribution >= 0.6 is 15.9 Å². The number of hydrogen-bond acceptors (Lipinski definition) is 4. The van der Waals surface area contributed by atoms with Gasteiger partial charge in [-0.15, -0.1) is 0 Å². The van der Waals surface area contributed by atoms with Gasteiger partial charge < -0.3 is 15.4 Å². The molecule has 2 N–H and O–H groups in total. The van der Waals surface area contributed by atoms with E-state index in [1.807, 2.05) is 31.4 Å². The van der Waals surface area contributed by atoms with Gasteiger partial charge in [0.2, 0.25) is 5.91 Å². The lowest BCUT2D eigenvalue weighted by Crippen LogP contribution is -2.39. The topological polar surface area (TPSA) is 68.2 Å². The number of amides is 1. The molecule has 0 fully saturated rings. The Morgan fingerprint density at radius 2 is 2.35 bits per heavy atom. The number of ether oxygens (including phenoxy) is 1. The maximum Gasteiger partial charge on any atom is 0.242 e. The molecule has 0 saturated carbocycles. The van der Waals surface area contributed by atoms with E-state index in [1.165, 1.54) is 0 Å². The highest BCUT2D eigenvalue weighted by molar-refractivity contribution is 9.10. The number of halogens is 1. The summed E-state index contributed by atoms with van der Waals surface area (Å²) in [6, 6.07) is 5.37. The minimum absolute atomic E-state index is 0.0590. The number of carbonyl (C=O) groups is 1. The van der Waals surface area contributed by atoms with Gasteiger partial charge in [-0.3, -0.25) is 9.48 Å². The lowest BCUT2D eigenvalue weighted by molar-refractivity contribution is -0.124. The molecular weight excluding hydrogens is 360 g/mol. The van der Waals surface area contributed by atoms with Gasteiger partial charge in [-0.2, -0.15) is 5.10 Å². The largest absolute Gasteiger partial charge is 0.493 e. The van der Waals surface area contributed by atoms with Gasteiger partial charge >= 0.3 is 0 Å². The van der Waals surface area contributed by atoms with Crippen molar-refractivity contribution in [1.29, 1.82) is 0 Å². The molecule has 1 aromatic heterocycles. The molecule has 6 nitrogen and oxygen atoms in total. The van der Waals surface area contributed by atoms with Crippen molar-refractivity contribution in [2.75, 3.05) is 13.7 Å². The number of aryl methyl sites for hydroxylation is 1. The molecule has 1 amide bonds. The maximum absolute atomic E-state index is 12.7. The quantitative estimate of drug-likeness (QED) is 0.854.